The van der Waals surface area contributed by atoms with E-state index in [2.05, 4.69) is 43.1 Å². The number of piperidine rings is 1. The lowest BCUT2D eigenvalue weighted by Gasteiger charge is -2.33. The summed E-state index contributed by atoms with van der Waals surface area (Å²) in [7, 11) is 0. The van der Waals surface area contributed by atoms with E-state index in [4.69, 9.17) is 0 Å². The lowest BCUT2D eigenvalue weighted by Crippen LogP contribution is -2.37. The molecule has 1 unspecified atom stereocenters. The number of aryl methyl sites for hydroxylation is 1. The molecule has 0 aliphatic carbocycles. The molecule has 1 fully saturated rings. The second kappa shape index (κ2) is 7.41. The molecule has 2 rings (SSSR count). The Morgan fingerprint density at radius 1 is 1.32 bits per heavy atom. The van der Waals surface area contributed by atoms with Crippen molar-refractivity contribution in [1.82, 2.24) is 10.2 Å². The van der Waals surface area contributed by atoms with Gasteiger partial charge in [0, 0.05) is 22.3 Å². The minimum atomic E-state index is 0.574. The molecule has 1 aromatic heterocycles. The summed E-state index contributed by atoms with van der Waals surface area (Å²) in [5.74, 6) is 0.884. The van der Waals surface area contributed by atoms with Gasteiger partial charge in [0.1, 0.15) is 0 Å². The van der Waals surface area contributed by atoms with Gasteiger partial charge >= 0.3 is 0 Å². The molecule has 108 valence electrons. The topological polar surface area (TPSA) is 15.3 Å². The summed E-state index contributed by atoms with van der Waals surface area (Å²) in [5, 5.41) is 3.46. The number of nitrogens with one attached hydrogen (secondary N) is 1. The van der Waals surface area contributed by atoms with Crippen LogP contribution >= 0.6 is 11.3 Å². The minimum absolute atomic E-state index is 0.574. The molecule has 1 saturated heterocycles. The maximum atomic E-state index is 3.46. The average molecular weight is 280 g/mol. The minimum Gasteiger partial charge on any atom is -0.317 e. The predicted molar refractivity (Wildman–Crippen MR) is 85.0 cm³/mol. The molecular formula is C16H28N2S. The quantitative estimate of drug-likeness (QED) is 0.855. The highest BCUT2D eigenvalue weighted by Gasteiger charge is 2.21. The van der Waals surface area contributed by atoms with Crippen LogP contribution in [-0.4, -0.2) is 31.1 Å². The molecule has 1 aliphatic rings. The zero-order valence-corrected chi connectivity index (χ0v) is 13.4. The van der Waals surface area contributed by atoms with E-state index in [1.807, 2.05) is 11.3 Å². The van der Waals surface area contributed by atoms with E-state index in [0.29, 0.717) is 6.04 Å². The second-order valence-corrected chi connectivity index (χ2v) is 6.81. The fraction of sp³-hybridized carbons (Fsp3) is 0.750. The molecule has 2 heterocycles. The van der Waals surface area contributed by atoms with Gasteiger partial charge in [0.15, 0.2) is 0 Å². The van der Waals surface area contributed by atoms with Crippen molar-refractivity contribution in [2.75, 3.05) is 26.2 Å². The molecule has 1 N–H and O–H groups in total. The van der Waals surface area contributed by atoms with Crippen molar-refractivity contribution in [3.05, 3.63) is 21.9 Å². The van der Waals surface area contributed by atoms with Gasteiger partial charge in [-0.25, -0.2) is 0 Å². The molecule has 1 atom stereocenters. The van der Waals surface area contributed by atoms with Crippen molar-refractivity contribution in [2.45, 2.75) is 46.1 Å². The van der Waals surface area contributed by atoms with E-state index in [-0.39, 0.29) is 0 Å². The van der Waals surface area contributed by atoms with Gasteiger partial charge in [-0.3, -0.25) is 4.90 Å². The average Bonchev–Trinajstić information content (AvgIpc) is 2.94. The largest absolute Gasteiger partial charge is 0.317 e. The van der Waals surface area contributed by atoms with E-state index < -0.39 is 0 Å². The molecule has 0 aromatic carbocycles. The van der Waals surface area contributed by atoms with Gasteiger partial charge in [-0.05, 0) is 63.9 Å². The Morgan fingerprint density at radius 3 is 2.63 bits per heavy atom. The first-order valence-electron chi connectivity index (χ1n) is 7.78. The molecule has 19 heavy (non-hydrogen) atoms. The maximum Gasteiger partial charge on any atom is 0.0413 e. The van der Waals surface area contributed by atoms with Gasteiger partial charge in [-0.2, -0.15) is 0 Å². The van der Waals surface area contributed by atoms with Gasteiger partial charge in [-0.15, -0.1) is 11.3 Å². The van der Waals surface area contributed by atoms with Crippen molar-refractivity contribution in [2.24, 2.45) is 5.92 Å². The molecule has 0 amide bonds. The van der Waals surface area contributed by atoms with Crippen LogP contribution in [-0.2, 0) is 6.42 Å². The summed E-state index contributed by atoms with van der Waals surface area (Å²) in [6.45, 7) is 11.7. The van der Waals surface area contributed by atoms with Crippen LogP contribution in [0.4, 0.5) is 0 Å². The van der Waals surface area contributed by atoms with Crippen LogP contribution in [0.2, 0.25) is 0 Å². The van der Waals surface area contributed by atoms with Crippen LogP contribution in [0.5, 0.6) is 0 Å². The van der Waals surface area contributed by atoms with Crippen molar-refractivity contribution >= 4 is 11.3 Å². The SMILES string of the molecule is CCc1ccc(C(C)N(CC)CC2CCNCC2)s1. The normalized spacial score (nSPS) is 18.9. The van der Waals surface area contributed by atoms with Crippen LogP contribution in [0.1, 0.15) is 49.4 Å². The summed E-state index contributed by atoms with van der Waals surface area (Å²) in [5.41, 5.74) is 0. The fourth-order valence-corrected chi connectivity index (χ4v) is 3.98. The Hall–Kier alpha value is -0.380. The maximum absolute atomic E-state index is 3.46. The number of hydrogen-bond acceptors (Lipinski definition) is 3. The third-order valence-electron chi connectivity index (χ3n) is 4.35. The van der Waals surface area contributed by atoms with Gasteiger partial charge in [-0.1, -0.05) is 13.8 Å². The van der Waals surface area contributed by atoms with Crippen LogP contribution in [0, 0.1) is 5.92 Å². The number of nitrogens with zero attached hydrogens (tertiary/aromatic N) is 1. The van der Waals surface area contributed by atoms with Crippen molar-refractivity contribution < 1.29 is 0 Å². The van der Waals surface area contributed by atoms with Crippen LogP contribution in [0.15, 0.2) is 12.1 Å². The first-order valence-corrected chi connectivity index (χ1v) is 8.59. The Labute approximate surface area is 122 Å². The third-order valence-corrected chi connectivity index (χ3v) is 5.75. The highest BCUT2D eigenvalue weighted by Crippen LogP contribution is 2.29. The van der Waals surface area contributed by atoms with E-state index in [9.17, 15) is 0 Å². The molecule has 3 heteroatoms. The molecular weight excluding hydrogens is 252 g/mol. The van der Waals surface area contributed by atoms with Crippen molar-refractivity contribution in [3.63, 3.8) is 0 Å². The smallest absolute Gasteiger partial charge is 0.0413 e. The van der Waals surface area contributed by atoms with Crippen LogP contribution in [0.3, 0.4) is 0 Å². The summed E-state index contributed by atoms with van der Waals surface area (Å²) < 4.78 is 0. The van der Waals surface area contributed by atoms with E-state index in [1.165, 1.54) is 42.2 Å². The van der Waals surface area contributed by atoms with Crippen molar-refractivity contribution in [3.8, 4) is 0 Å². The Balaban J connectivity index is 1.95. The number of rotatable bonds is 6. The van der Waals surface area contributed by atoms with Crippen molar-refractivity contribution in [1.29, 1.82) is 0 Å². The standard InChI is InChI=1S/C16H28N2S/c1-4-15-6-7-16(19-15)13(3)18(5-2)12-14-8-10-17-11-9-14/h6-7,13-14,17H,4-5,8-12H2,1-3H3. The molecule has 0 radical (unpaired) electrons. The summed E-state index contributed by atoms with van der Waals surface area (Å²) >= 11 is 1.99. The summed E-state index contributed by atoms with van der Waals surface area (Å²) in [6.07, 6.45) is 3.85. The van der Waals surface area contributed by atoms with Gasteiger partial charge < -0.3 is 5.32 Å². The zero-order chi connectivity index (χ0) is 13.7. The van der Waals surface area contributed by atoms with E-state index in [1.54, 1.807) is 0 Å². The second-order valence-electron chi connectivity index (χ2n) is 5.61. The first-order chi connectivity index (χ1) is 9.24. The van der Waals surface area contributed by atoms with Gasteiger partial charge in [0.05, 0.1) is 0 Å². The first kappa shape index (κ1) is 15.0. The van der Waals surface area contributed by atoms with E-state index >= 15 is 0 Å². The fourth-order valence-electron chi connectivity index (χ4n) is 2.95. The molecule has 0 bridgehead atoms. The Bertz CT molecular complexity index is 369. The molecule has 0 saturated carbocycles. The van der Waals surface area contributed by atoms with Crippen LogP contribution in [0.25, 0.3) is 0 Å². The third kappa shape index (κ3) is 4.04. The number of thiophene rings is 1. The Kier molecular flexibility index (Phi) is 5.86. The predicted octanol–water partition coefficient (Wildman–Crippen LogP) is 3.69. The highest BCUT2D eigenvalue weighted by molar-refractivity contribution is 7.12. The number of hydrogen-bond donors (Lipinski definition) is 1. The lowest BCUT2D eigenvalue weighted by molar-refractivity contribution is 0.171. The van der Waals surface area contributed by atoms with E-state index in [0.717, 1.165) is 18.9 Å². The van der Waals surface area contributed by atoms with Crippen LogP contribution < -0.4 is 5.32 Å². The zero-order valence-electron chi connectivity index (χ0n) is 12.6. The summed E-state index contributed by atoms with van der Waals surface area (Å²) in [4.78, 5) is 5.70. The van der Waals surface area contributed by atoms with Gasteiger partial charge in [0.2, 0.25) is 0 Å². The highest BCUT2D eigenvalue weighted by atomic mass is 32.1. The molecule has 0 spiro atoms. The lowest BCUT2D eigenvalue weighted by atomic mass is 9.97. The summed E-state index contributed by atoms with van der Waals surface area (Å²) in [6, 6.07) is 5.21. The monoisotopic (exact) mass is 280 g/mol. The molecule has 2 nitrogen and oxygen atoms in total. The molecule has 1 aromatic rings. The Morgan fingerprint density at radius 2 is 2.05 bits per heavy atom. The molecule has 1 aliphatic heterocycles. The van der Waals surface area contributed by atoms with Gasteiger partial charge in [0.25, 0.3) is 0 Å².